The molecule has 3 aromatic rings. The van der Waals surface area contributed by atoms with Crippen molar-refractivity contribution in [2.24, 2.45) is 0 Å². The number of halogens is 1. The molecule has 0 saturated heterocycles. The van der Waals surface area contributed by atoms with Crippen LogP contribution in [0.25, 0.3) is 5.69 Å². The van der Waals surface area contributed by atoms with Crippen molar-refractivity contribution in [3.63, 3.8) is 0 Å². The summed E-state index contributed by atoms with van der Waals surface area (Å²) in [6, 6.07) is 13.1. The Morgan fingerprint density at radius 3 is 2.50 bits per heavy atom. The van der Waals surface area contributed by atoms with E-state index in [0.717, 1.165) is 16.8 Å². The highest BCUT2D eigenvalue weighted by molar-refractivity contribution is 6.30. The molecule has 28 heavy (non-hydrogen) atoms. The van der Waals surface area contributed by atoms with Crippen LogP contribution in [0.3, 0.4) is 0 Å². The second-order valence-electron chi connectivity index (χ2n) is 6.73. The molecule has 2 atom stereocenters. The van der Waals surface area contributed by atoms with E-state index >= 15 is 0 Å². The van der Waals surface area contributed by atoms with Gasteiger partial charge in [-0.2, -0.15) is 5.10 Å². The summed E-state index contributed by atoms with van der Waals surface area (Å²) >= 11 is 5.98. The third-order valence-corrected chi connectivity index (χ3v) is 5.01. The standard InChI is InChI=1S/C21H23ClN4O2/c1-14-11-18(22)7-10-20(14)28-16(3)21(27)25(4)15(2)17-5-8-19(9-6-17)26-13-23-12-24-26/h5-13,15-16H,1-4H3. The molecule has 146 valence electrons. The first-order valence-corrected chi connectivity index (χ1v) is 9.39. The van der Waals surface area contributed by atoms with E-state index in [4.69, 9.17) is 16.3 Å². The second-order valence-corrected chi connectivity index (χ2v) is 7.16. The number of nitrogens with zero attached hydrogens (tertiary/aromatic N) is 4. The maximum absolute atomic E-state index is 12.8. The zero-order valence-electron chi connectivity index (χ0n) is 16.3. The van der Waals surface area contributed by atoms with Gasteiger partial charge in [0.1, 0.15) is 18.4 Å². The summed E-state index contributed by atoms with van der Waals surface area (Å²) in [7, 11) is 1.78. The number of rotatable bonds is 6. The molecule has 1 aromatic heterocycles. The smallest absolute Gasteiger partial charge is 0.263 e. The van der Waals surface area contributed by atoms with Gasteiger partial charge in [0.25, 0.3) is 5.91 Å². The first kappa shape index (κ1) is 19.9. The highest BCUT2D eigenvalue weighted by atomic mass is 35.5. The summed E-state index contributed by atoms with van der Waals surface area (Å²) in [5.74, 6) is 0.561. The monoisotopic (exact) mass is 398 g/mol. The van der Waals surface area contributed by atoms with Crippen molar-refractivity contribution in [3.05, 3.63) is 71.3 Å². The minimum absolute atomic E-state index is 0.0952. The van der Waals surface area contributed by atoms with E-state index in [-0.39, 0.29) is 11.9 Å². The molecule has 7 heteroatoms. The predicted molar refractivity (Wildman–Crippen MR) is 109 cm³/mol. The number of hydrogen-bond acceptors (Lipinski definition) is 4. The molecular formula is C21H23ClN4O2. The third kappa shape index (κ3) is 4.34. The van der Waals surface area contributed by atoms with Gasteiger partial charge in [-0.05, 0) is 62.2 Å². The number of aryl methyl sites for hydroxylation is 1. The first-order valence-electron chi connectivity index (χ1n) is 9.01. The summed E-state index contributed by atoms with van der Waals surface area (Å²) in [4.78, 5) is 18.5. The summed E-state index contributed by atoms with van der Waals surface area (Å²) in [5, 5.41) is 4.76. The molecule has 0 aliphatic carbocycles. The highest BCUT2D eigenvalue weighted by Crippen LogP contribution is 2.25. The molecule has 1 amide bonds. The van der Waals surface area contributed by atoms with Crippen molar-refractivity contribution in [2.75, 3.05) is 7.05 Å². The molecule has 2 aromatic carbocycles. The number of amides is 1. The maximum Gasteiger partial charge on any atom is 0.263 e. The lowest BCUT2D eigenvalue weighted by Gasteiger charge is -2.28. The molecule has 0 spiro atoms. The lowest BCUT2D eigenvalue weighted by atomic mass is 10.1. The average Bonchev–Trinajstić information content (AvgIpc) is 3.23. The Balaban J connectivity index is 1.67. The van der Waals surface area contributed by atoms with Crippen LogP contribution in [0.15, 0.2) is 55.1 Å². The van der Waals surface area contributed by atoms with Gasteiger partial charge in [-0.3, -0.25) is 4.79 Å². The summed E-state index contributed by atoms with van der Waals surface area (Å²) in [5.41, 5.74) is 2.83. The molecule has 0 fully saturated rings. The van der Waals surface area contributed by atoms with E-state index in [1.165, 1.54) is 6.33 Å². The van der Waals surface area contributed by atoms with Crippen LogP contribution < -0.4 is 4.74 Å². The fourth-order valence-electron chi connectivity index (χ4n) is 2.93. The zero-order chi connectivity index (χ0) is 20.3. The summed E-state index contributed by atoms with van der Waals surface area (Å²) in [6.07, 6.45) is 2.53. The third-order valence-electron chi connectivity index (χ3n) is 4.78. The fourth-order valence-corrected chi connectivity index (χ4v) is 3.16. The van der Waals surface area contributed by atoms with Crippen molar-refractivity contribution in [3.8, 4) is 11.4 Å². The Kier molecular flexibility index (Phi) is 5.99. The van der Waals surface area contributed by atoms with Gasteiger partial charge < -0.3 is 9.64 Å². The zero-order valence-corrected chi connectivity index (χ0v) is 17.1. The van der Waals surface area contributed by atoms with Crippen molar-refractivity contribution in [2.45, 2.75) is 32.9 Å². The predicted octanol–water partition coefficient (Wildman–Crippen LogP) is 4.22. The molecule has 0 aliphatic rings. The summed E-state index contributed by atoms with van der Waals surface area (Å²) < 4.78 is 7.56. The van der Waals surface area contributed by atoms with Gasteiger partial charge in [0, 0.05) is 12.1 Å². The minimum atomic E-state index is -0.609. The lowest BCUT2D eigenvalue weighted by Crippen LogP contribution is -2.39. The van der Waals surface area contributed by atoms with Gasteiger partial charge in [-0.25, -0.2) is 9.67 Å². The van der Waals surface area contributed by atoms with E-state index < -0.39 is 6.10 Å². The molecule has 0 saturated carbocycles. The lowest BCUT2D eigenvalue weighted by molar-refractivity contribution is -0.138. The van der Waals surface area contributed by atoms with Crippen LogP contribution >= 0.6 is 11.6 Å². The number of aromatic nitrogens is 3. The van der Waals surface area contributed by atoms with E-state index in [0.29, 0.717) is 10.8 Å². The van der Waals surface area contributed by atoms with E-state index in [1.54, 1.807) is 42.0 Å². The molecule has 0 aliphatic heterocycles. The molecule has 0 radical (unpaired) electrons. The Bertz CT molecular complexity index is 942. The van der Waals surface area contributed by atoms with Crippen LogP contribution in [0, 0.1) is 6.92 Å². The molecule has 0 bridgehead atoms. The van der Waals surface area contributed by atoms with Crippen molar-refractivity contribution < 1.29 is 9.53 Å². The molecule has 1 heterocycles. The highest BCUT2D eigenvalue weighted by Gasteiger charge is 2.24. The number of ether oxygens (including phenoxy) is 1. The second kappa shape index (κ2) is 8.44. The van der Waals surface area contributed by atoms with Crippen molar-refractivity contribution in [1.82, 2.24) is 19.7 Å². The van der Waals surface area contributed by atoms with Crippen LogP contribution in [0.2, 0.25) is 5.02 Å². The fraction of sp³-hybridized carbons (Fsp3) is 0.286. The van der Waals surface area contributed by atoms with Gasteiger partial charge in [0.15, 0.2) is 6.10 Å². The Hall–Kier alpha value is -2.86. The van der Waals surface area contributed by atoms with E-state index in [1.807, 2.05) is 44.2 Å². The number of hydrogen-bond donors (Lipinski definition) is 0. The van der Waals surface area contributed by atoms with Crippen LogP contribution in [-0.2, 0) is 4.79 Å². The van der Waals surface area contributed by atoms with Crippen LogP contribution in [0.5, 0.6) is 5.75 Å². The van der Waals surface area contributed by atoms with Gasteiger partial charge in [-0.1, -0.05) is 23.7 Å². The number of carbonyl (C=O) groups is 1. The minimum Gasteiger partial charge on any atom is -0.481 e. The normalized spacial score (nSPS) is 13.0. The Morgan fingerprint density at radius 1 is 1.18 bits per heavy atom. The largest absolute Gasteiger partial charge is 0.481 e. The number of likely N-dealkylation sites (N-methyl/N-ethyl adjacent to an activating group) is 1. The molecule has 0 N–H and O–H groups in total. The number of carbonyl (C=O) groups excluding carboxylic acids is 1. The van der Waals surface area contributed by atoms with Gasteiger partial charge >= 0.3 is 0 Å². The van der Waals surface area contributed by atoms with Crippen LogP contribution in [0.4, 0.5) is 0 Å². The molecular weight excluding hydrogens is 376 g/mol. The van der Waals surface area contributed by atoms with Crippen molar-refractivity contribution in [1.29, 1.82) is 0 Å². The quantitative estimate of drug-likeness (QED) is 0.623. The van der Waals surface area contributed by atoms with E-state index in [2.05, 4.69) is 10.1 Å². The van der Waals surface area contributed by atoms with Crippen LogP contribution in [0.1, 0.15) is 31.0 Å². The molecule has 6 nitrogen and oxygen atoms in total. The average molecular weight is 399 g/mol. The summed E-state index contributed by atoms with van der Waals surface area (Å²) in [6.45, 7) is 5.65. The maximum atomic E-state index is 12.8. The van der Waals surface area contributed by atoms with E-state index in [9.17, 15) is 4.79 Å². The van der Waals surface area contributed by atoms with Crippen LogP contribution in [-0.4, -0.2) is 38.7 Å². The molecule has 3 rings (SSSR count). The van der Waals surface area contributed by atoms with Crippen molar-refractivity contribution >= 4 is 17.5 Å². The number of benzene rings is 2. The first-order chi connectivity index (χ1) is 13.4. The molecule has 2 unspecified atom stereocenters. The van der Waals surface area contributed by atoms with Gasteiger partial charge in [0.05, 0.1) is 11.7 Å². The SMILES string of the molecule is Cc1cc(Cl)ccc1OC(C)C(=O)N(C)C(C)c1ccc(-n2cncn2)cc1. The van der Waals surface area contributed by atoms with Gasteiger partial charge in [0.2, 0.25) is 0 Å². The van der Waals surface area contributed by atoms with Gasteiger partial charge in [-0.15, -0.1) is 0 Å². The Morgan fingerprint density at radius 2 is 1.89 bits per heavy atom. The Labute approximate surface area is 169 Å². The topological polar surface area (TPSA) is 60.2 Å².